The van der Waals surface area contributed by atoms with E-state index in [1.54, 1.807) is 15.8 Å². The van der Waals surface area contributed by atoms with Crippen molar-refractivity contribution in [2.75, 3.05) is 0 Å². The molecule has 0 unspecified atom stereocenters. The van der Waals surface area contributed by atoms with Crippen LogP contribution >= 0.6 is 0 Å². The van der Waals surface area contributed by atoms with Gasteiger partial charge in [-0.15, -0.1) is 0 Å². The van der Waals surface area contributed by atoms with Gasteiger partial charge < -0.3 is 12.4 Å². The maximum atomic E-state index is 2.38. The van der Waals surface area contributed by atoms with Crippen molar-refractivity contribution >= 4 is 14.3 Å². The first-order chi connectivity index (χ1) is 5.91. The Balaban J connectivity index is 0. The number of hydrogen-bond donors (Lipinski definition) is 0. The van der Waals surface area contributed by atoms with Crippen molar-refractivity contribution < 1.29 is 12.4 Å². The van der Waals surface area contributed by atoms with E-state index in [9.17, 15) is 0 Å². The monoisotopic (exact) mass is 280 g/mol. The summed E-state index contributed by atoms with van der Waals surface area (Å²) in [7, 11) is 0. The molecule has 2 heteroatoms. The van der Waals surface area contributed by atoms with E-state index in [0.29, 0.717) is 0 Å². The van der Waals surface area contributed by atoms with Crippen LogP contribution in [-0.4, -0.2) is 14.3 Å². The summed E-state index contributed by atoms with van der Waals surface area (Å²) in [5, 5.41) is 4.74. The van der Waals surface area contributed by atoms with Gasteiger partial charge in [0.15, 0.2) is 0 Å². The molecule has 0 aliphatic carbocycles. The molecule has 0 amide bonds. The second kappa shape index (κ2) is 9.09. The summed E-state index contributed by atoms with van der Waals surface area (Å²) in [5.41, 5.74) is 0. The molecule has 0 saturated carbocycles. The molecule has 0 aliphatic heterocycles. The summed E-state index contributed by atoms with van der Waals surface area (Å²) in [6.07, 6.45) is 0. The van der Waals surface area contributed by atoms with Crippen LogP contribution < -0.4 is 12.4 Å². The van der Waals surface area contributed by atoms with Gasteiger partial charge in [-0.2, -0.15) is 0 Å². The van der Waals surface area contributed by atoms with Crippen LogP contribution in [-0.2, 0) is 0 Å². The molecule has 86 valence electrons. The molecule has 0 fully saturated rings. The Morgan fingerprint density at radius 3 is 1.00 bits per heavy atom. The van der Waals surface area contributed by atoms with Crippen LogP contribution in [0.5, 0.6) is 0 Å². The summed E-state index contributed by atoms with van der Waals surface area (Å²) in [6.45, 7) is 14.3. The molecule has 0 aromatic heterocycles. The average molecular weight is 279 g/mol. The fraction of sp³-hybridized carbons (Fsp3) is 1.00. The van der Waals surface area contributed by atoms with Crippen LogP contribution in [0.4, 0.5) is 0 Å². The first-order valence-electron chi connectivity index (χ1n) is 5.75. The van der Waals surface area contributed by atoms with Gasteiger partial charge >= 0.3 is 89.4 Å². The largest absolute Gasteiger partial charge is 1.00 e. The summed E-state index contributed by atoms with van der Waals surface area (Å²) in [6, 6.07) is 0. The van der Waals surface area contributed by atoms with E-state index in [1.807, 2.05) is 0 Å². The van der Waals surface area contributed by atoms with Crippen LogP contribution in [0, 0.1) is 17.8 Å². The van der Waals surface area contributed by atoms with Crippen molar-refractivity contribution in [3.8, 4) is 0 Å². The fourth-order valence-corrected chi connectivity index (χ4v) is 10.3. The number of halogens is 1. The second-order valence-corrected chi connectivity index (χ2v) is 11.3. The first-order valence-corrected chi connectivity index (χ1v) is 10.2. The zero-order valence-electron chi connectivity index (χ0n) is 10.7. The van der Waals surface area contributed by atoms with Crippen molar-refractivity contribution in [1.29, 1.82) is 0 Å². The Kier molecular flexibility index (Phi) is 11.2. The summed E-state index contributed by atoms with van der Waals surface area (Å²) in [5.74, 6) is 2.81. The summed E-state index contributed by atoms with van der Waals surface area (Å²) < 4.78 is 0. The van der Waals surface area contributed by atoms with Crippen molar-refractivity contribution in [3.05, 3.63) is 0 Å². The van der Waals surface area contributed by atoms with Crippen LogP contribution in [0.25, 0.3) is 0 Å². The molecule has 0 nitrogen and oxygen atoms in total. The quantitative estimate of drug-likeness (QED) is 0.646. The Bertz CT molecular complexity index is 97.7. The number of rotatable bonds is 6. The van der Waals surface area contributed by atoms with Crippen LogP contribution in [0.1, 0.15) is 41.5 Å². The van der Waals surface area contributed by atoms with Gasteiger partial charge in [-0.1, -0.05) is 0 Å². The van der Waals surface area contributed by atoms with Crippen molar-refractivity contribution in [2.45, 2.75) is 57.3 Å². The molecular weight excluding hydrogens is 252 g/mol. The Hall–Kier alpha value is 0.833. The standard InChI is InChI=1S/C12H27Ge.ClH/c1-10(2)7-13(8-11(3)4)9-12(5)6;/h10-12H,7-9H2,1-6H3;1H/q+1;/p-1. The van der Waals surface area contributed by atoms with Gasteiger partial charge in [-0.25, -0.2) is 0 Å². The SMILES string of the molecule is CC(C)[CH2][Ge+]([CH2]C(C)C)[CH2]C(C)C.[Cl-]. The zero-order valence-corrected chi connectivity index (χ0v) is 13.6. The van der Waals surface area contributed by atoms with E-state index < -0.39 is 14.3 Å². The second-order valence-electron chi connectivity index (χ2n) is 5.54. The van der Waals surface area contributed by atoms with Crippen molar-refractivity contribution in [2.24, 2.45) is 17.8 Å². The normalized spacial score (nSPS) is 10.9. The molecule has 0 atom stereocenters. The number of hydrogen-bond acceptors (Lipinski definition) is 0. The molecule has 0 spiro atoms. The van der Waals surface area contributed by atoms with E-state index in [-0.39, 0.29) is 12.4 Å². The van der Waals surface area contributed by atoms with Gasteiger partial charge in [0.2, 0.25) is 0 Å². The van der Waals surface area contributed by atoms with E-state index in [1.165, 1.54) is 0 Å². The molecule has 0 rings (SSSR count). The summed E-state index contributed by atoms with van der Waals surface area (Å²) >= 11 is -0.681. The minimum absolute atomic E-state index is 0. The minimum atomic E-state index is -0.681. The molecule has 0 radical (unpaired) electrons. The molecule has 0 heterocycles. The third-order valence-corrected chi connectivity index (χ3v) is 10.9. The van der Waals surface area contributed by atoms with Crippen LogP contribution in [0.3, 0.4) is 0 Å². The Morgan fingerprint density at radius 2 is 0.857 bits per heavy atom. The molecule has 0 aromatic carbocycles. The van der Waals surface area contributed by atoms with Crippen molar-refractivity contribution in [3.63, 3.8) is 0 Å². The molecular formula is C12H27ClGe. The van der Waals surface area contributed by atoms with E-state index in [2.05, 4.69) is 41.5 Å². The predicted molar refractivity (Wildman–Crippen MR) is 64.7 cm³/mol. The smallest absolute Gasteiger partial charge is 1.00 e. The molecule has 0 N–H and O–H groups in total. The van der Waals surface area contributed by atoms with Gasteiger partial charge in [-0.3, -0.25) is 0 Å². The Labute approximate surface area is 102 Å². The van der Waals surface area contributed by atoms with Crippen molar-refractivity contribution in [1.82, 2.24) is 0 Å². The maximum Gasteiger partial charge on any atom is -1.00 e. The minimum Gasteiger partial charge on any atom is -1.00 e. The molecule has 0 aromatic rings. The van der Waals surface area contributed by atoms with Gasteiger partial charge in [-0.05, 0) is 0 Å². The van der Waals surface area contributed by atoms with Gasteiger partial charge in [0.1, 0.15) is 0 Å². The summed E-state index contributed by atoms with van der Waals surface area (Å²) in [4.78, 5) is 0. The first kappa shape index (κ1) is 17.2. The Morgan fingerprint density at radius 1 is 0.643 bits per heavy atom. The van der Waals surface area contributed by atoms with E-state index >= 15 is 0 Å². The van der Waals surface area contributed by atoms with E-state index in [4.69, 9.17) is 0 Å². The molecule has 14 heavy (non-hydrogen) atoms. The molecule has 0 saturated heterocycles. The van der Waals surface area contributed by atoms with Gasteiger partial charge in [0.05, 0.1) is 0 Å². The van der Waals surface area contributed by atoms with Crippen LogP contribution in [0.2, 0.25) is 15.8 Å². The zero-order chi connectivity index (χ0) is 10.4. The third-order valence-electron chi connectivity index (χ3n) is 2.09. The maximum absolute atomic E-state index is 2.38. The average Bonchev–Trinajstić information content (AvgIpc) is 1.80. The van der Waals surface area contributed by atoms with Crippen LogP contribution in [0.15, 0.2) is 0 Å². The van der Waals surface area contributed by atoms with E-state index in [0.717, 1.165) is 17.8 Å². The van der Waals surface area contributed by atoms with Gasteiger partial charge in [0, 0.05) is 0 Å². The molecule has 0 aliphatic rings. The fourth-order valence-electron chi connectivity index (χ4n) is 1.98. The predicted octanol–water partition coefficient (Wildman–Crippen LogP) is 1.45. The topological polar surface area (TPSA) is 0 Å². The third kappa shape index (κ3) is 10.9. The van der Waals surface area contributed by atoms with Gasteiger partial charge in [0.25, 0.3) is 0 Å². The molecule has 0 bridgehead atoms.